The summed E-state index contributed by atoms with van der Waals surface area (Å²) in [4.78, 5) is 19.5. The standard InChI is InChI=1S/C30H27ClN2O3/c1-21-26-14-13-25(19-28(26)36-30(34)29(21)22-9-11-24(31)12-10-22)35-18-5-4-17-33-16-3-2-8-27(33)23-7-6-15-32-20-23/h6-7,9-15,19-20,27H,2-3,8,16-18H2,1H3. The minimum absolute atomic E-state index is 0.267. The van der Waals surface area contributed by atoms with Gasteiger partial charge in [0.2, 0.25) is 0 Å². The Bertz CT molecular complexity index is 1470. The quantitative estimate of drug-likeness (QED) is 0.234. The van der Waals surface area contributed by atoms with E-state index < -0.39 is 0 Å². The van der Waals surface area contributed by atoms with Crippen LogP contribution in [-0.2, 0) is 0 Å². The van der Waals surface area contributed by atoms with Crippen LogP contribution in [0.3, 0.4) is 0 Å². The summed E-state index contributed by atoms with van der Waals surface area (Å²) in [6.07, 6.45) is 7.32. The van der Waals surface area contributed by atoms with Crippen molar-refractivity contribution in [2.45, 2.75) is 32.2 Å². The highest BCUT2D eigenvalue weighted by molar-refractivity contribution is 6.30. The Labute approximate surface area is 215 Å². The Balaban J connectivity index is 1.26. The number of halogens is 1. The van der Waals surface area contributed by atoms with Gasteiger partial charge < -0.3 is 9.15 Å². The maximum atomic E-state index is 12.8. The fraction of sp³-hybridized carbons (Fsp3) is 0.267. The van der Waals surface area contributed by atoms with Crippen LogP contribution in [0.1, 0.15) is 36.4 Å². The average molecular weight is 499 g/mol. The Kier molecular flexibility index (Phi) is 7.36. The smallest absolute Gasteiger partial charge is 0.344 e. The number of ether oxygens (including phenoxy) is 1. The van der Waals surface area contributed by atoms with Gasteiger partial charge in [0.25, 0.3) is 0 Å². The van der Waals surface area contributed by atoms with E-state index in [0.29, 0.717) is 34.5 Å². The number of rotatable bonds is 5. The van der Waals surface area contributed by atoms with Crippen molar-refractivity contribution in [3.8, 4) is 28.7 Å². The van der Waals surface area contributed by atoms with Crippen molar-refractivity contribution in [1.82, 2.24) is 9.88 Å². The maximum Gasteiger partial charge on any atom is 0.344 e. The summed E-state index contributed by atoms with van der Waals surface area (Å²) in [5.41, 5.74) is 3.54. The maximum absolute atomic E-state index is 12.8. The van der Waals surface area contributed by atoms with Crippen molar-refractivity contribution >= 4 is 22.6 Å². The summed E-state index contributed by atoms with van der Waals surface area (Å²) < 4.78 is 11.5. The molecule has 0 radical (unpaired) electrons. The summed E-state index contributed by atoms with van der Waals surface area (Å²) in [5, 5.41) is 1.49. The van der Waals surface area contributed by atoms with Gasteiger partial charge in [-0.15, -0.1) is 0 Å². The van der Waals surface area contributed by atoms with Crippen LogP contribution < -0.4 is 10.4 Å². The lowest BCUT2D eigenvalue weighted by Gasteiger charge is -2.34. The molecule has 1 saturated heterocycles. The zero-order valence-electron chi connectivity index (χ0n) is 20.2. The number of likely N-dealkylation sites (tertiary alicyclic amines) is 1. The van der Waals surface area contributed by atoms with Crippen molar-refractivity contribution < 1.29 is 9.15 Å². The molecule has 2 aromatic carbocycles. The predicted molar refractivity (Wildman–Crippen MR) is 143 cm³/mol. The van der Waals surface area contributed by atoms with Crippen LogP contribution >= 0.6 is 11.6 Å². The van der Waals surface area contributed by atoms with Gasteiger partial charge in [0.15, 0.2) is 0 Å². The molecule has 0 aliphatic carbocycles. The lowest BCUT2D eigenvalue weighted by Crippen LogP contribution is -2.33. The lowest BCUT2D eigenvalue weighted by molar-refractivity contribution is 0.168. The lowest BCUT2D eigenvalue weighted by atomic mass is 9.96. The molecule has 1 fully saturated rings. The van der Waals surface area contributed by atoms with E-state index in [1.165, 1.54) is 18.4 Å². The zero-order valence-corrected chi connectivity index (χ0v) is 20.9. The molecule has 5 nitrogen and oxygen atoms in total. The normalized spacial score (nSPS) is 15.9. The number of aromatic nitrogens is 1. The third kappa shape index (κ3) is 5.31. The van der Waals surface area contributed by atoms with Gasteiger partial charge in [0.05, 0.1) is 12.1 Å². The topological polar surface area (TPSA) is 55.6 Å². The van der Waals surface area contributed by atoms with Gasteiger partial charge in [-0.2, -0.15) is 0 Å². The fourth-order valence-electron chi connectivity index (χ4n) is 4.83. The summed E-state index contributed by atoms with van der Waals surface area (Å²) in [6, 6.07) is 17.2. The predicted octanol–water partition coefficient (Wildman–Crippen LogP) is 6.43. The number of aryl methyl sites for hydroxylation is 1. The van der Waals surface area contributed by atoms with E-state index in [-0.39, 0.29) is 12.2 Å². The second-order valence-corrected chi connectivity index (χ2v) is 9.40. The van der Waals surface area contributed by atoms with Gasteiger partial charge in [-0.1, -0.05) is 48.1 Å². The molecule has 6 heteroatoms. The van der Waals surface area contributed by atoms with Crippen LogP contribution in [0, 0.1) is 18.8 Å². The zero-order chi connectivity index (χ0) is 24.9. The van der Waals surface area contributed by atoms with Crippen LogP contribution in [-0.4, -0.2) is 29.6 Å². The van der Waals surface area contributed by atoms with Gasteiger partial charge >= 0.3 is 5.63 Å². The Morgan fingerprint density at radius 2 is 2.00 bits per heavy atom. The first-order chi connectivity index (χ1) is 17.6. The molecule has 0 spiro atoms. The number of nitrogens with zero attached hydrogens (tertiary/aromatic N) is 2. The number of hydrogen-bond acceptors (Lipinski definition) is 5. The molecule has 0 N–H and O–H groups in total. The highest BCUT2D eigenvalue weighted by atomic mass is 35.5. The molecule has 4 aromatic rings. The molecule has 0 saturated carbocycles. The molecule has 1 aliphatic rings. The first-order valence-corrected chi connectivity index (χ1v) is 12.5. The van der Waals surface area contributed by atoms with Crippen LogP contribution in [0.4, 0.5) is 0 Å². The van der Waals surface area contributed by atoms with Crippen LogP contribution in [0.5, 0.6) is 5.75 Å². The SMILES string of the molecule is Cc1c(-c2ccc(Cl)cc2)c(=O)oc2cc(OCC#CCN3CCCCC3c3cccnc3)ccc12. The first kappa shape index (κ1) is 24.1. The van der Waals surface area contributed by atoms with Gasteiger partial charge in [0.1, 0.15) is 17.9 Å². The van der Waals surface area contributed by atoms with Crippen molar-refractivity contribution in [3.63, 3.8) is 0 Å². The molecule has 0 bridgehead atoms. The van der Waals surface area contributed by atoms with E-state index in [2.05, 4.69) is 27.8 Å². The molecule has 182 valence electrons. The second kappa shape index (κ2) is 11.0. The Morgan fingerprint density at radius 3 is 2.81 bits per heavy atom. The van der Waals surface area contributed by atoms with Gasteiger partial charge in [0, 0.05) is 34.9 Å². The largest absolute Gasteiger partial charge is 0.481 e. The Morgan fingerprint density at radius 1 is 1.14 bits per heavy atom. The summed E-state index contributed by atoms with van der Waals surface area (Å²) >= 11 is 5.99. The molecule has 36 heavy (non-hydrogen) atoms. The van der Waals surface area contributed by atoms with Gasteiger partial charge in [-0.25, -0.2) is 4.79 Å². The van der Waals surface area contributed by atoms with E-state index in [0.717, 1.165) is 29.5 Å². The second-order valence-electron chi connectivity index (χ2n) is 8.97. The van der Waals surface area contributed by atoms with Gasteiger partial charge in [-0.05, 0) is 73.3 Å². The number of benzene rings is 2. The summed E-state index contributed by atoms with van der Waals surface area (Å²) in [5.74, 6) is 7.00. The van der Waals surface area contributed by atoms with Crippen LogP contribution in [0.2, 0.25) is 5.02 Å². The number of fused-ring (bicyclic) bond motifs is 1. The average Bonchev–Trinajstić information content (AvgIpc) is 2.90. The molecule has 2 aromatic heterocycles. The minimum atomic E-state index is -0.385. The van der Waals surface area contributed by atoms with Crippen molar-refractivity contribution in [1.29, 1.82) is 0 Å². The highest BCUT2D eigenvalue weighted by Crippen LogP contribution is 2.31. The molecule has 1 unspecified atom stereocenters. The van der Waals surface area contributed by atoms with E-state index in [4.69, 9.17) is 20.8 Å². The van der Waals surface area contributed by atoms with E-state index in [9.17, 15) is 4.79 Å². The fourth-order valence-corrected chi connectivity index (χ4v) is 4.96. The van der Waals surface area contributed by atoms with E-state index >= 15 is 0 Å². The molecule has 0 amide bonds. The summed E-state index contributed by atoms with van der Waals surface area (Å²) in [6.45, 7) is 3.93. The minimum Gasteiger partial charge on any atom is -0.481 e. The first-order valence-electron chi connectivity index (χ1n) is 12.2. The molecular formula is C30H27ClN2O3. The third-order valence-corrected chi connectivity index (χ3v) is 6.92. The molecule has 5 rings (SSSR count). The monoisotopic (exact) mass is 498 g/mol. The Hall–Kier alpha value is -3.59. The van der Waals surface area contributed by atoms with Crippen molar-refractivity contribution in [3.05, 3.63) is 93.6 Å². The number of pyridine rings is 1. The van der Waals surface area contributed by atoms with Crippen molar-refractivity contribution in [2.24, 2.45) is 0 Å². The van der Waals surface area contributed by atoms with E-state index in [1.807, 2.05) is 49.6 Å². The molecule has 3 heterocycles. The van der Waals surface area contributed by atoms with Crippen LogP contribution in [0.15, 0.2) is 76.2 Å². The number of hydrogen-bond donors (Lipinski definition) is 0. The van der Waals surface area contributed by atoms with E-state index in [1.54, 1.807) is 18.2 Å². The van der Waals surface area contributed by atoms with Crippen LogP contribution in [0.25, 0.3) is 22.1 Å². The molecule has 1 atom stereocenters. The molecular weight excluding hydrogens is 472 g/mol. The third-order valence-electron chi connectivity index (χ3n) is 6.67. The number of piperidine rings is 1. The van der Waals surface area contributed by atoms with Gasteiger partial charge in [-0.3, -0.25) is 9.88 Å². The molecule has 1 aliphatic heterocycles. The highest BCUT2D eigenvalue weighted by Gasteiger charge is 2.23. The van der Waals surface area contributed by atoms with Crippen molar-refractivity contribution in [2.75, 3.05) is 19.7 Å². The summed E-state index contributed by atoms with van der Waals surface area (Å²) in [7, 11) is 0.